The average Bonchev–Trinajstić information content (AvgIpc) is 2.78. The molecule has 0 radical (unpaired) electrons. The van der Waals surface area contributed by atoms with E-state index in [1.165, 1.54) is 19.2 Å². The first kappa shape index (κ1) is 15.0. The Balaban J connectivity index is 2.33. The second-order valence-corrected chi connectivity index (χ2v) is 5.16. The molecular formula is C13H12BrN3O4. The van der Waals surface area contributed by atoms with Gasteiger partial charge >= 0.3 is 0 Å². The van der Waals surface area contributed by atoms with Crippen LogP contribution in [-0.2, 0) is 7.05 Å². The molecule has 2 rings (SSSR count). The third kappa shape index (κ3) is 3.22. The Labute approximate surface area is 128 Å². The molecule has 0 atom stereocenters. The zero-order valence-corrected chi connectivity index (χ0v) is 12.9. The highest BCUT2D eigenvalue weighted by atomic mass is 79.9. The topological polar surface area (TPSA) is 86.4 Å². The van der Waals surface area contributed by atoms with Gasteiger partial charge in [-0.3, -0.25) is 14.9 Å². The van der Waals surface area contributed by atoms with Gasteiger partial charge in [0.1, 0.15) is 17.1 Å². The Hall–Kier alpha value is -2.35. The third-order valence-electron chi connectivity index (χ3n) is 2.85. The van der Waals surface area contributed by atoms with E-state index < -0.39 is 10.8 Å². The van der Waals surface area contributed by atoms with Crippen molar-refractivity contribution >= 4 is 33.2 Å². The summed E-state index contributed by atoms with van der Waals surface area (Å²) in [5.74, 6) is -0.0854. The quantitative estimate of drug-likeness (QED) is 0.676. The maximum atomic E-state index is 12.2. The molecule has 0 aliphatic carbocycles. The minimum Gasteiger partial charge on any atom is -0.496 e. The number of carbonyl (C=O) groups excluding carboxylic acids is 1. The van der Waals surface area contributed by atoms with Gasteiger partial charge in [-0.25, -0.2) is 0 Å². The van der Waals surface area contributed by atoms with E-state index in [4.69, 9.17) is 4.74 Å². The molecule has 8 heteroatoms. The standard InChI is InChI=1S/C13H12BrN3O4/c1-16-7-8(14)5-12(16)13(18)15-10-4-3-9(21-2)6-11(10)17(19)20/h3-7H,1-2H3,(H,15,18). The minimum absolute atomic E-state index is 0.114. The molecule has 21 heavy (non-hydrogen) atoms. The maximum Gasteiger partial charge on any atom is 0.296 e. The zero-order chi connectivity index (χ0) is 15.6. The molecule has 0 fully saturated rings. The number of anilines is 1. The monoisotopic (exact) mass is 353 g/mol. The summed E-state index contributed by atoms with van der Waals surface area (Å²) < 4.78 is 7.31. The summed E-state index contributed by atoms with van der Waals surface area (Å²) in [6, 6.07) is 5.87. The predicted octanol–water partition coefficient (Wildman–Crippen LogP) is 2.96. The number of hydrogen-bond acceptors (Lipinski definition) is 4. The second-order valence-electron chi connectivity index (χ2n) is 4.25. The van der Waals surface area contributed by atoms with Crippen LogP contribution in [0.2, 0.25) is 0 Å². The number of hydrogen-bond donors (Lipinski definition) is 1. The molecule has 0 bridgehead atoms. The van der Waals surface area contributed by atoms with Crippen molar-refractivity contribution in [3.63, 3.8) is 0 Å². The third-order valence-corrected chi connectivity index (χ3v) is 3.29. The molecule has 0 saturated carbocycles. The van der Waals surface area contributed by atoms with Crippen LogP contribution in [0.4, 0.5) is 11.4 Å². The number of aromatic nitrogens is 1. The second kappa shape index (κ2) is 5.96. The van der Waals surface area contributed by atoms with Crippen LogP contribution in [0.15, 0.2) is 34.9 Å². The maximum absolute atomic E-state index is 12.2. The smallest absolute Gasteiger partial charge is 0.296 e. The number of halogens is 1. The normalized spacial score (nSPS) is 10.2. The van der Waals surface area contributed by atoms with Gasteiger partial charge in [0, 0.05) is 17.7 Å². The number of ether oxygens (including phenoxy) is 1. The van der Waals surface area contributed by atoms with Crippen molar-refractivity contribution in [3.05, 3.63) is 50.7 Å². The number of benzene rings is 1. The van der Waals surface area contributed by atoms with E-state index in [0.29, 0.717) is 11.4 Å². The van der Waals surface area contributed by atoms with E-state index in [-0.39, 0.29) is 11.4 Å². The van der Waals surface area contributed by atoms with Crippen molar-refractivity contribution in [2.45, 2.75) is 0 Å². The first-order chi connectivity index (χ1) is 9.92. The Kier molecular flexibility index (Phi) is 4.27. The van der Waals surface area contributed by atoms with E-state index in [1.54, 1.807) is 29.9 Å². The molecule has 2 aromatic rings. The van der Waals surface area contributed by atoms with Crippen LogP contribution >= 0.6 is 15.9 Å². The molecule has 1 aromatic heterocycles. The van der Waals surface area contributed by atoms with Crippen LogP contribution < -0.4 is 10.1 Å². The van der Waals surface area contributed by atoms with Crippen molar-refractivity contribution in [3.8, 4) is 5.75 Å². The van der Waals surface area contributed by atoms with Crippen LogP contribution in [0.1, 0.15) is 10.5 Å². The van der Waals surface area contributed by atoms with Crippen molar-refractivity contribution < 1.29 is 14.5 Å². The van der Waals surface area contributed by atoms with E-state index in [0.717, 1.165) is 4.47 Å². The van der Waals surface area contributed by atoms with E-state index >= 15 is 0 Å². The molecule has 0 spiro atoms. The van der Waals surface area contributed by atoms with Crippen LogP contribution in [0.25, 0.3) is 0 Å². The number of aryl methyl sites for hydroxylation is 1. The fourth-order valence-corrected chi connectivity index (χ4v) is 2.36. The number of methoxy groups -OCH3 is 1. The number of carbonyl (C=O) groups is 1. The minimum atomic E-state index is -0.570. The van der Waals surface area contributed by atoms with Crippen molar-refractivity contribution in [2.75, 3.05) is 12.4 Å². The molecule has 1 heterocycles. The number of nitrogens with one attached hydrogen (secondary N) is 1. The fraction of sp³-hybridized carbons (Fsp3) is 0.154. The summed E-state index contributed by atoms with van der Waals surface area (Å²) in [5, 5.41) is 13.6. The Morgan fingerprint density at radius 2 is 2.14 bits per heavy atom. The molecule has 0 unspecified atom stereocenters. The average molecular weight is 354 g/mol. The lowest BCUT2D eigenvalue weighted by atomic mass is 10.2. The predicted molar refractivity (Wildman–Crippen MR) is 80.7 cm³/mol. The molecule has 0 saturated heterocycles. The molecule has 1 N–H and O–H groups in total. The number of rotatable bonds is 4. The lowest BCUT2D eigenvalue weighted by Crippen LogP contribution is -2.16. The molecule has 1 amide bonds. The van der Waals surface area contributed by atoms with Gasteiger partial charge < -0.3 is 14.6 Å². The Bertz CT molecular complexity index is 711. The molecule has 7 nitrogen and oxygen atoms in total. The molecule has 0 aliphatic heterocycles. The highest BCUT2D eigenvalue weighted by Gasteiger charge is 2.19. The summed E-state index contributed by atoms with van der Waals surface area (Å²) in [5.41, 5.74) is 0.270. The van der Waals surface area contributed by atoms with Gasteiger partial charge in [0.15, 0.2) is 0 Å². The summed E-state index contributed by atoms with van der Waals surface area (Å²) in [4.78, 5) is 22.7. The summed E-state index contributed by atoms with van der Waals surface area (Å²) >= 11 is 3.27. The Morgan fingerprint density at radius 1 is 1.43 bits per heavy atom. The van der Waals surface area contributed by atoms with Crippen LogP contribution in [0.3, 0.4) is 0 Å². The van der Waals surface area contributed by atoms with Crippen molar-refractivity contribution in [1.82, 2.24) is 4.57 Å². The van der Waals surface area contributed by atoms with Crippen LogP contribution in [-0.4, -0.2) is 22.5 Å². The highest BCUT2D eigenvalue weighted by molar-refractivity contribution is 9.10. The van der Waals surface area contributed by atoms with Gasteiger partial charge in [0.05, 0.1) is 18.1 Å². The number of nitro groups is 1. The molecule has 110 valence electrons. The summed E-state index contributed by atoms with van der Waals surface area (Å²) in [6.07, 6.45) is 1.72. The van der Waals surface area contributed by atoms with Crippen LogP contribution in [0, 0.1) is 10.1 Å². The van der Waals surface area contributed by atoms with E-state index in [1.807, 2.05) is 0 Å². The number of amides is 1. The summed E-state index contributed by atoms with van der Waals surface area (Å²) in [7, 11) is 3.13. The Morgan fingerprint density at radius 3 is 2.67 bits per heavy atom. The van der Waals surface area contributed by atoms with Gasteiger partial charge in [0.25, 0.3) is 11.6 Å². The molecule has 0 aliphatic rings. The van der Waals surface area contributed by atoms with Gasteiger partial charge in [-0.1, -0.05) is 0 Å². The van der Waals surface area contributed by atoms with Gasteiger partial charge in [-0.15, -0.1) is 0 Å². The first-order valence-electron chi connectivity index (χ1n) is 5.88. The SMILES string of the molecule is COc1ccc(NC(=O)c2cc(Br)cn2C)c([N+](=O)[O-])c1. The van der Waals surface area contributed by atoms with Crippen LogP contribution in [0.5, 0.6) is 5.75 Å². The van der Waals surface area contributed by atoms with Crippen molar-refractivity contribution in [2.24, 2.45) is 7.05 Å². The molecular weight excluding hydrogens is 342 g/mol. The lowest BCUT2D eigenvalue weighted by Gasteiger charge is -2.08. The summed E-state index contributed by atoms with van der Waals surface area (Å²) in [6.45, 7) is 0. The number of nitrogens with zero attached hydrogens (tertiary/aromatic N) is 2. The van der Waals surface area contributed by atoms with Gasteiger partial charge in [-0.2, -0.15) is 0 Å². The largest absolute Gasteiger partial charge is 0.496 e. The zero-order valence-electron chi connectivity index (χ0n) is 11.3. The molecule has 1 aromatic carbocycles. The van der Waals surface area contributed by atoms with E-state index in [9.17, 15) is 14.9 Å². The highest BCUT2D eigenvalue weighted by Crippen LogP contribution is 2.29. The fourth-order valence-electron chi connectivity index (χ4n) is 1.83. The van der Waals surface area contributed by atoms with Gasteiger partial charge in [0.2, 0.25) is 0 Å². The van der Waals surface area contributed by atoms with E-state index in [2.05, 4.69) is 21.2 Å². The van der Waals surface area contributed by atoms with Crippen molar-refractivity contribution in [1.29, 1.82) is 0 Å². The first-order valence-corrected chi connectivity index (χ1v) is 6.67. The number of nitro benzene ring substituents is 1. The lowest BCUT2D eigenvalue weighted by molar-refractivity contribution is -0.384. The van der Waals surface area contributed by atoms with Gasteiger partial charge in [-0.05, 0) is 34.1 Å².